The van der Waals surface area contributed by atoms with Crippen molar-refractivity contribution in [2.75, 3.05) is 25.6 Å². The van der Waals surface area contributed by atoms with Crippen molar-refractivity contribution in [3.05, 3.63) is 78.1 Å². The van der Waals surface area contributed by atoms with E-state index in [-0.39, 0.29) is 37.2 Å². The molecular weight excluding hydrogens is 453 g/mol. The number of hydrogen-bond acceptors (Lipinski definition) is 5. The summed E-state index contributed by atoms with van der Waals surface area (Å²) in [5.41, 5.74) is -0.345. The first-order valence-electron chi connectivity index (χ1n) is 11.5. The van der Waals surface area contributed by atoms with E-state index in [1.165, 1.54) is 30.2 Å². The van der Waals surface area contributed by atoms with Crippen LogP contribution in [0, 0.1) is 17.7 Å². The first-order valence-corrected chi connectivity index (χ1v) is 11.5. The van der Waals surface area contributed by atoms with Crippen LogP contribution in [0.4, 0.5) is 10.1 Å². The number of amides is 3. The molecule has 0 saturated carbocycles. The van der Waals surface area contributed by atoms with Gasteiger partial charge in [0, 0.05) is 20.2 Å². The monoisotopic (exact) mass is 479 g/mol. The molecule has 2 aromatic carbocycles. The number of carbonyl (C=O) groups is 3. The van der Waals surface area contributed by atoms with Gasteiger partial charge in [0.2, 0.25) is 17.7 Å². The first kappa shape index (κ1) is 23.2. The predicted molar refractivity (Wildman–Crippen MR) is 124 cm³/mol. The fourth-order valence-corrected chi connectivity index (χ4v) is 5.36. The molecular formula is C26H26FN3O5. The Labute approximate surface area is 202 Å². The van der Waals surface area contributed by atoms with Crippen LogP contribution in [0.2, 0.25) is 0 Å². The maximum Gasteiger partial charge on any atom is 0.246 e. The van der Waals surface area contributed by atoms with E-state index in [4.69, 9.17) is 9.47 Å². The standard InChI is InChI=1S/C26H26FN3O5/c1-34-14-13-30-22(24(32)28-15-16-7-3-2-4-8-16)26-12-11-19(35-26)20(21(26)25(30)33)23(31)29-18-10-6-5-9-17(18)27/h2-12,19-22H,13-15H2,1H3,(H,28,32)(H,29,31)/t19-,20-,21+,22+,26+/m1/s1. The van der Waals surface area contributed by atoms with Crippen molar-refractivity contribution in [3.8, 4) is 0 Å². The summed E-state index contributed by atoms with van der Waals surface area (Å²) in [7, 11) is 1.51. The normalized spacial score (nSPS) is 28.3. The summed E-state index contributed by atoms with van der Waals surface area (Å²) in [4.78, 5) is 41.8. The van der Waals surface area contributed by atoms with Gasteiger partial charge in [-0.05, 0) is 17.7 Å². The number of ether oxygens (including phenoxy) is 2. The number of likely N-dealkylation sites (tertiary alicyclic amines) is 1. The van der Waals surface area contributed by atoms with Crippen molar-refractivity contribution in [2.45, 2.75) is 24.3 Å². The molecule has 3 amide bonds. The second-order valence-electron chi connectivity index (χ2n) is 8.90. The fourth-order valence-electron chi connectivity index (χ4n) is 5.36. The lowest BCUT2D eigenvalue weighted by atomic mass is 9.74. The van der Waals surface area contributed by atoms with E-state index in [2.05, 4.69) is 10.6 Å². The quantitative estimate of drug-likeness (QED) is 0.564. The zero-order valence-corrected chi connectivity index (χ0v) is 19.1. The Kier molecular flexibility index (Phi) is 6.12. The predicted octanol–water partition coefficient (Wildman–Crippen LogP) is 1.88. The van der Waals surface area contributed by atoms with Crippen molar-refractivity contribution < 1.29 is 28.2 Å². The molecule has 2 fully saturated rings. The molecule has 3 aliphatic heterocycles. The third-order valence-corrected chi connectivity index (χ3v) is 6.90. The number of anilines is 1. The maximum absolute atomic E-state index is 14.2. The number of halogens is 1. The van der Waals surface area contributed by atoms with Crippen LogP contribution in [-0.2, 0) is 30.4 Å². The lowest BCUT2D eigenvalue weighted by molar-refractivity contribution is -0.141. The van der Waals surface area contributed by atoms with E-state index in [0.29, 0.717) is 0 Å². The molecule has 0 radical (unpaired) electrons. The van der Waals surface area contributed by atoms with Gasteiger partial charge < -0.3 is 25.0 Å². The lowest BCUT2D eigenvalue weighted by Gasteiger charge is -2.32. The fraction of sp³-hybridized carbons (Fsp3) is 0.346. The van der Waals surface area contributed by atoms with Crippen LogP contribution >= 0.6 is 0 Å². The number of nitrogens with one attached hydrogen (secondary N) is 2. The Morgan fingerprint density at radius 3 is 2.60 bits per heavy atom. The maximum atomic E-state index is 14.2. The second kappa shape index (κ2) is 9.24. The van der Waals surface area contributed by atoms with Crippen LogP contribution in [0.25, 0.3) is 0 Å². The minimum atomic E-state index is -1.28. The number of benzene rings is 2. The number of methoxy groups -OCH3 is 1. The summed E-state index contributed by atoms with van der Waals surface area (Å²) in [5, 5.41) is 5.50. The summed E-state index contributed by atoms with van der Waals surface area (Å²) in [6, 6.07) is 14.3. The first-order chi connectivity index (χ1) is 17.0. The molecule has 8 nitrogen and oxygen atoms in total. The minimum absolute atomic E-state index is 0.0251. The van der Waals surface area contributed by atoms with Gasteiger partial charge in [-0.2, -0.15) is 0 Å². The molecule has 2 saturated heterocycles. The SMILES string of the molecule is COCCN1C(=O)[C@@H]2[C@H](C(=O)Nc3ccccc3F)[C@H]3C=C[C@@]2(O3)[C@@H]1C(=O)NCc1ccccc1. The van der Waals surface area contributed by atoms with Gasteiger partial charge in [-0.15, -0.1) is 0 Å². The molecule has 9 heteroatoms. The van der Waals surface area contributed by atoms with Crippen LogP contribution < -0.4 is 10.6 Å². The number of nitrogens with zero attached hydrogens (tertiary/aromatic N) is 1. The second-order valence-corrected chi connectivity index (χ2v) is 8.90. The minimum Gasteiger partial charge on any atom is -0.383 e. The van der Waals surface area contributed by atoms with E-state index in [9.17, 15) is 18.8 Å². The Morgan fingerprint density at radius 2 is 1.86 bits per heavy atom. The van der Waals surface area contributed by atoms with Gasteiger partial charge in [0.15, 0.2) is 0 Å². The molecule has 0 unspecified atom stereocenters. The Balaban J connectivity index is 1.42. The van der Waals surface area contributed by atoms with Crippen molar-refractivity contribution in [2.24, 2.45) is 11.8 Å². The van der Waals surface area contributed by atoms with Crippen molar-refractivity contribution in [1.29, 1.82) is 0 Å². The van der Waals surface area contributed by atoms with E-state index >= 15 is 0 Å². The summed E-state index contributed by atoms with van der Waals surface area (Å²) < 4.78 is 25.6. The van der Waals surface area contributed by atoms with Crippen molar-refractivity contribution >= 4 is 23.4 Å². The van der Waals surface area contributed by atoms with Gasteiger partial charge in [-0.1, -0.05) is 54.6 Å². The number of hydrogen-bond donors (Lipinski definition) is 2. The molecule has 5 atom stereocenters. The van der Waals surface area contributed by atoms with Crippen molar-refractivity contribution in [1.82, 2.24) is 10.2 Å². The topological polar surface area (TPSA) is 97.0 Å². The van der Waals surface area contributed by atoms with E-state index in [1.54, 1.807) is 18.2 Å². The van der Waals surface area contributed by atoms with Gasteiger partial charge >= 0.3 is 0 Å². The summed E-state index contributed by atoms with van der Waals surface area (Å²) in [6.45, 7) is 0.671. The molecule has 1 spiro atoms. The van der Waals surface area contributed by atoms with Gasteiger partial charge in [0.1, 0.15) is 17.5 Å². The number of rotatable bonds is 8. The number of fused-ring (bicyclic) bond motifs is 1. The highest BCUT2D eigenvalue weighted by Crippen LogP contribution is 2.55. The van der Waals surface area contributed by atoms with Crippen LogP contribution in [0.15, 0.2) is 66.7 Å². The van der Waals surface area contributed by atoms with Gasteiger partial charge in [0.05, 0.1) is 30.2 Å². The highest BCUT2D eigenvalue weighted by molar-refractivity contribution is 6.02. The third kappa shape index (κ3) is 3.90. The largest absolute Gasteiger partial charge is 0.383 e. The molecule has 182 valence electrons. The van der Waals surface area contributed by atoms with Crippen LogP contribution in [-0.4, -0.2) is 60.6 Å². The molecule has 3 heterocycles. The Morgan fingerprint density at radius 1 is 1.11 bits per heavy atom. The lowest BCUT2D eigenvalue weighted by Crippen LogP contribution is -2.55. The van der Waals surface area contributed by atoms with Crippen LogP contribution in [0.3, 0.4) is 0 Å². The van der Waals surface area contributed by atoms with Crippen LogP contribution in [0.5, 0.6) is 0 Å². The van der Waals surface area contributed by atoms with Gasteiger partial charge in [0.25, 0.3) is 0 Å². The van der Waals surface area contributed by atoms with Gasteiger partial charge in [-0.25, -0.2) is 4.39 Å². The van der Waals surface area contributed by atoms with E-state index in [0.717, 1.165) is 5.56 Å². The molecule has 35 heavy (non-hydrogen) atoms. The zero-order chi connectivity index (χ0) is 24.6. The average molecular weight is 480 g/mol. The molecule has 3 aliphatic rings. The molecule has 0 aliphatic carbocycles. The molecule has 0 aromatic heterocycles. The number of para-hydroxylation sites is 1. The van der Waals surface area contributed by atoms with E-state index < -0.39 is 41.3 Å². The zero-order valence-electron chi connectivity index (χ0n) is 19.1. The van der Waals surface area contributed by atoms with E-state index in [1.807, 2.05) is 30.3 Å². The van der Waals surface area contributed by atoms with Crippen LogP contribution in [0.1, 0.15) is 5.56 Å². The highest BCUT2D eigenvalue weighted by atomic mass is 19.1. The number of carbonyl (C=O) groups excluding carboxylic acids is 3. The Bertz CT molecular complexity index is 1170. The third-order valence-electron chi connectivity index (χ3n) is 6.90. The van der Waals surface area contributed by atoms with Crippen molar-refractivity contribution in [3.63, 3.8) is 0 Å². The summed E-state index contributed by atoms with van der Waals surface area (Å²) in [5.74, 6) is -3.64. The molecule has 2 N–H and O–H groups in total. The van der Waals surface area contributed by atoms with Gasteiger partial charge in [-0.3, -0.25) is 14.4 Å². The molecule has 2 bridgehead atoms. The Hall–Kier alpha value is -3.56. The smallest absolute Gasteiger partial charge is 0.246 e. The molecule has 2 aromatic rings. The summed E-state index contributed by atoms with van der Waals surface area (Å²) >= 11 is 0. The highest BCUT2D eigenvalue weighted by Gasteiger charge is 2.72. The summed E-state index contributed by atoms with van der Waals surface area (Å²) in [6.07, 6.45) is 2.75. The average Bonchev–Trinajstić information content (AvgIpc) is 3.50. The molecule has 5 rings (SSSR count).